The molecule has 1 amide bonds. The highest BCUT2D eigenvalue weighted by Gasteiger charge is 2.23. The molecule has 4 nitrogen and oxygen atoms in total. The molecule has 2 heterocycles. The topological polar surface area (TPSA) is 58.0 Å². The van der Waals surface area contributed by atoms with Crippen molar-refractivity contribution in [2.75, 3.05) is 6.54 Å². The number of para-hydroxylation sites is 1. The summed E-state index contributed by atoms with van der Waals surface area (Å²) in [6, 6.07) is 19.9. The molecule has 0 aliphatic rings. The number of carbonyl (C=O) groups is 1. The number of aromatic amines is 1. The number of furan rings is 1. The quantitative estimate of drug-likeness (QED) is 0.320. The number of benzene rings is 3. The van der Waals surface area contributed by atoms with E-state index in [0.717, 1.165) is 22.0 Å². The zero-order valence-corrected chi connectivity index (χ0v) is 18.0. The second-order valence-corrected chi connectivity index (χ2v) is 8.18. The number of hydrogen-bond acceptors (Lipinski definition) is 2. The molecule has 5 aromatic rings. The van der Waals surface area contributed by atoms with E-state index in [0.29, 0.717) is 28.1 Å². The summed E-state index contributed by atoms with van der Waals surface area (Å²) < 4.78 is 19.4. The Hall–Kier alpha value is -3.57. The molecule has 2 aromatic heterocycles. The molecular formula is C26H20ClFN2O2. The van der Waals surface area contributed by atoms with Crippen molar-refractivity contribution in [1.82, 2.24) is 10.3 Å². The van der Waals surface area contributed by atoms with E-state index < -0.39 is 0 Å². The molecule has 0 fully saturated rings. The average molecular weight is 447 g/mol. The Balaban J connectivity index is 1.49. The lowest BCUT2D eigenvalue weighted by molar-refractivity contribution is 0.0926. The monoisotopic (exact) mass is 446 g/mol. The predicted molar refractivity (Wildman–Crippen MR) is 125 cm³/mol. The van der Waals surface area contributed by atoms with Crippen LogP contribution in [0.4, 0.5) is 4.39 Å². The fourth-order valence-electron chi connectivity index (χ4n) is 4.21. The van der Waals surface area contributed by atoms with Gasteiger partial charge in [0.15, 0.2) is 5.76 Å². The van der Waals surface area contributed by atoms with Crippen molar-refractivity contribution in [3.63, 3.8) is 0 Å². The third-order valence-corrected chi connectivity index (χ3v) is 6.19. The van der Waals surface area contributed by atoms with E-state index in [1.807, 2.05) is 54.7 Å². The second kappa shape index (κ2) is 8.17. The van der Waals surface area contributed by atoms with Crippen LogP contribution < -0.4 is 5.32 Å². The van der Waals surface area contributed by atoms with Crippen molar-refractivity contribution < 1.29 is 13.6 Å². The van der Waals surface area contributed by atoms with Crippen molar-refractivity contribution in [3.05, 3.63) is 106 Å². The van der Waals surface area contributed by atoms with Crippen molar-refractivity contribution in [3.8, 4) is 0 Å². The third-order valence-electron chi connectivity index (χ3n) is 5.85. The summed E-state index contributed by atoms with van der Waals surface area (Å²) >= 11 is 6.54. The van der Waals surface area contributed by atoms with Gasteiger partial charge in [-0.05, 0) is 48.4 Å². The van der Waals surface area contributed by atoms with Crippen LogP contribution in [-0.2, 0) is 0 Å². The Morgan fingerprint density at radius 3 is 2.69 bits per heavy atom. The first-order valence-electron chi connectivity index (χ1n) is 10.3. The average Bonchev–Trinajstić information content (AvgIpc) is 3.36. The number of rotatable bonds is 5. The van der Waals surface area contributed by atoms with Gasteiger partial charge in [0.05, 0.1) is 0 Å². The SMILES string of the molecule is Cc1c(C(=O)NCC(c2ccccc2Cl)c2c[nH]c3ccccc23)oc2ccc(F)cc12. The van der Waals surface area contributed by atoms with Crippen LogP contribution in [0.2, 0.25) is 5.02 Å². The number of hydrogen-bond donors (Lipinski definition) is 2. The molecule has 1 unspecified atom stereocenters. The summed E-state index contributed by atoms with van der Waals surface area (Å²) in [4.78, 5) is 16.3. The van der Waals surface area contributed by atoms with Gasteiger partial charge < -0.3 is 14.7 Å². The molecule has 0 radical (unpaired) electrons. The lowest BCUT2D eigenvalue weighted by Crippen LogP contribution is -2.29. The van der Waals surface area contributed by atoms with Crippen LogP contribution >= 0.6 is 11.6 Å². The molecule has 0 bridgehead atoms. The van der Waals surface area contributed by atoms with Crippen LogP contribution in [0.3, 0.4) is 0 Å². The largest absolute Gasteiger partial charge is 0.451 e. The van der Waals surface area contributed by atoms with Gasteiger partial charge in [0.1, 0.15) is 11.4 Å². The summed E-state index contributed by atoms with van der Waals surface area (Å²) in [5.41, 5.74) is 4.06. The Kier molecular flexibility index (Phi) is 5.19. The molecule has 5 rings (SSSR count). The first-order chi connectivity index (χ1) is 15.5. The van der Waals surface area contributed by atoms with Gasteiger partial charge in [0, 0.05) is 45.5 Å². The number of nitrogens with one attached hydrogen (secondary N) is 2. The Labute approximate surface area is 189 Å². The molecule has 6 heteroatoms. The molecule has 3 aromatic carbocycles. The van der Waals surface area contributed by atoms with E-state index in [-0.39, 0.29) is 23.4 Å². The highest BCUT2D eigenvalue weighted by Crippen LogP contribution is 2.34. The molecule has 0 saturated heterocycles. The fourth-order valence-corrected chi connectivity index (χ4v) is 4.48. The van der Waals surface area contributed by atoms with Gasteiger partial charge in [-0.2, -0.15) is 0 Å². The zero-order chi connectivity index (χ0) is 22.2. The maximum Gasteiger partial charge on any atom is 0.287 e. The number of carbonyl (C=O) groups excluding carboxylic acids is 1. The normalized spacial score (nSPS) is 12.3. The standard InChI is InChI=1S/C26H20ClFN2O2/c1-15-19-12-16(28)10-11-24(19)32-25(15)26(31)30-14-20(17-6-2-4-8-22(17)27)21-13-29-23-9-5-3-7-18(21)23/h2-13,20,29H,14H2,1H3,(H,30,31). The Morgan fingerprint density at radius 1 is 1.06 bits per heavy atom. The smallest absolute Gasteiger partial charge is 0.287 e. The van der Waals surface area contributed by atoms with Gasteiger partial charge in [0.25, 0.3) is 5.91 Å². The van der Waals surface area contributed by atoms with E-state index in [1.54, 1.807) is 6.92 Å². The highest BCUT2D eigenvalue weighted by molar-refractivity contribution is 6.31. The van der Waals surface area contributed by atoms with Gasteiger partial charge in [0.2, 0.25) is 0 Å². The molecule has 2 N–H and O–H groups in total. The highest BCUT2D eigenvalue weighted by atomic mass is 35.5. The summed E-state index contributed by atoms with van der Waals surface area (Å²) in [6.45, 7) is 2.07. The van der Waals surface area contributed by atoms with Gasteiger partial charge in [-0.1, -0.05) is 48.0 Å². The van der Waals surface area contributed by atoms with Crippen molar-refractivity contribution in [2.45, 2.75) is 12.8 Å². The Morgan fingerprint density at radius 2 is 1.84 bits per heavy atom. The van der Waals surface area contributed by atoms with Crippen LogP contribution in [0.25, 0.3) is 21.9 Å². The summed E-state index contributed by atoms with van der Waals surface area (Å²) in [6.07, 6.45) is 1.96. The molecule has 32 heavy (non-hydrogen) atoms. The van der Waals surface area contributed by atoms with Gasteiger partial charge in [-0.15, -0.1) is 0 Å². The van der Waals surface area contributed by atoms with E-state index in [2.05, 4.69) is 10.3 Å². The number of amides is 1. The second-order valence-electron chi connectivity index (χ2n) is 7.77. The van der Waals surface area contributed by atoms with Crippen LogP contribution in [-0.4, -0.2) is 17.4 Å². The van der Waals surface area contributed by atoms with E-state index >= 15 is 0 Å². The van der Waals surface area contributed by atoms with Crippen LogP contribution in [0.1, 0.15) is 33.2 Å². The lowest BCUT2D eigenvalue weighted by atomic mass is 9.90. The van der Waals surface area contributed by atoms with E-state index in [4.69, 9.17) is 16.0 Å². The molecular weight excluding hydrogens is 427 g/mol. The van der Waals surface area contributed by atoms with Crippen LogP contribution in [0.5, 0.6) is 0 Å². The van der Waals surface area contributed by atoms with Crippen LogP contribution in [0, 0.1) is 12.7 Å². The minimum atomic E-state index is -0.369. The molecule has 1 atom stereocenters. The number of aryl methyl sites for hydroxylation is 1. The number of halogens is 2. The van der Waals surface area contributed by atoms with Gasteiger partial charge >= 0.3 is 0 Å². The lowest BCUT2D eigenvalue weighted by Gasteiger charge is -2.19. The minimum Gasteiger partial charge on any atom is -0.451 e. The summed E-state index contributed by atoms with van der Waals surface area (Å²) in [7, 11) is 0. The first kappa shape index (κ1) is 20.3. The van der Waals surface area contributed by atoms with Gasteiger partial charge in [-0.25, -0.2) is 4.39 Å². The number of aromatic nitrogens is 1. The van der Waals surface area contributed by atoms with Gasteiger partial charge in [-0.3, -0.25) is 4.79 Å². The van der Waals surface area contributed by atoms with Crippen molar-refractivity contribution in [2.24, 2.45) is 0 Å². The van der Waals surface area contributed by atoms with Crippen molar-refractivity contribution >= 4 is 39.4 Å². The number of H-pyrrole nitrogens is 1. The maximum atomic E-state index is 13.6. The van der Waals surface area contributed by atoms with E-state index in [9.17, 15) is 9.18 Å². The zero-order valence-electron chi connectivity index (χ0n) is 17.3. The van der Waals surface area contributed by atoms with Crippen LogP contribution in [0.15, 0.2) is 77.3 Å². The minimum absolute atomic E-state index is 0.175. The molecule has 0 aliphatic heterocycles. The van der Waals surface area contributed by atoms with Crippen molar-refractivity contribution in [1.29, 1.82) is 0 Å². The molecule has 0 saturated carbocycles. The first-order valence-corrected chi connectivity index (χ1v) is 10.7. The number of fused-ring (bicyclic) bond motifs is 2. The predicted octanol–water partition coefficient (Wildman–Crippen LogP) is 6.58. The molecule has 0 spiro atoms. The maximum absolute atomic E-state index is 13.6. The molecule has 0 aliphatic carbocycles. The molecule has 160 valence electrons. The summed E-state index contributed by atoms with van der Waals surface area (Å²) in [5.74, 6) is -0.712. The summed E-state index contributed by atoms with van der Waals surface area (Å²) in [5, 5.41) is 5.29. The Bertz CT molecular complexity index is 1450. The fraction of sp³-hybridized carbons (Fsp3) is 0.115. The third kappa shape index (κ3) is 3.55. The van der Waals surface area contributed by atoms with E-state index in [1.165, 1.54) is 18.2 Å².